The van der Waals surface area contributed by atoms with Gasteiger partial charge in [0.1, 0.15) is 23.4 Å². The molecule has 1 aliphatic heterocycles. The van der Waals surface area contributed by atoms with Crippen molar-refractivity contribution < 1.29 is 23.1 Å². The van der Waals surface area contributed by atoms with Crippen LogP contribution in [0.3, 0.4) is 0 Å². The summed E-state index contributed by atoms with van der Waals surface area (Å²) in [6, 6.07) is 9.83. The summed E-state index contributed by atoms with van der Waals surface area (Å²) >= 11 is 0. The second-order valence-corrected chi connectivity index (χ2v) is 7.59. The van der Waals surface area contributed by atoms with Crippen LogP contribution in [-0.4, -0.2) is 30.0 Å². The predicted molar refractivity (Wildman–Crippen MR) is 103 cm³/mol. The lowest BCUT2D eigenvalue weighted by atomic mass is 9.91. The van der Waals surface area contributed by atoms with Gasteiger partial charge in [0.15, 0.2) is 0 Å². The highest BCUT2D eigenvalue weighted by molar-refractivity contribution is 6.00. The summed E-state index contributed by atoms with van der Waals surface area (Å²) < 4.78 is 32.3. The third kappa shape index (κ3) is 4.55. The standard InChI is InChI=1S/C22H22F2N2O3/c23-14-10-15(24)12-18(11-14)29-17-7-5-16(6-8-17)25-22(28)20-9-13-3-1-2-4-19(13)21(27)26-20/h1-4,10-12,16-17,20H,5-9H2,(H,25,28)(H,26,27). The smallest absolute Gasteiger partial charge is 0.252 e. The van der Waals surface area contributed by atoms with Crippen LogP contribution in [0.25, 0.3) is 0 Å². The first-order valence-corrected chi connectivity index (χ1v) is 9.80. The molecule has 1 fully saturated rings. The Morgan fingerprint density at radius 1 is 1.03 bits per heavy atom. The van der Waals surface area contributed by atoms with Crippen molar-refractivity contribution in [1.29, 1.82) is 0 Å². The number of halogens is 2. The first-order valence-electron chi connectivity index (χ1n) is 9.80. The molecule has 5 nitrogen and oxygen atoms in total. The van der Waals surface area contributed by atoms with Gasteiger partial charge in [0.25, 0.3) is 5.91 Å². The number of fused-ring (bicyclic) bond motifs is 1. The van der Waals surface area contributed by atoms with Crippen molar-refractivity contribution in [2.24, 2.45) is 0 Å². The van der Waals surface area contributed by atoms with Crippen LogP contribution in [0.5, 0.6) is 5.75 Å². The highest BCUT2D eigenvalue weighted by Gasteiger charge is 2.31. The minimum Gasteiger partial charge on any atom is -0.490 e. The van der Waals surface area contributed by atoms with E-state index >= 15 is 0 Å². The fourth-order valence-corrected chi connectivity index (χ4v) is 4.00. The molecule has 1 atom stereocenters. The second-order valence-electron chi connectivity index (χ2n) is 7.59. The van der Waals surface area contributed by atoms with Crippen molar-refractivity contribution in [3.8, 4) is 5.75 Å². The highest BCUT2D eigenvalue weighted by atomic mass is 19.1. The van der Waals surface area contributed by atoms with Gasteiger partial charge >= 0.3 is 0 Å². The summed E-state index contributed by atoms with van der Waals surface area (Å²) in [6.45, 7) is 0. The molecular formula is C22H22F2N2O3. The van der Waals surface area contributed by atoms with Crippen LogP contribution in [0.1, 0.15) is 41.6 Å². The average Bonchev–Trinajstić information content (AvgIpc) is 2.68. The van der Waals surface area contributed by atoms with E-state index in [1.165, 1.54) is 12.1 Å². The van der Waals surface area contributed by atoms with Crippen molar-refractivity contribution in [1.82, 2.24) is 10.6 Å². The van der Waals surface area contributed by atoms with Gasteiger partial charge in [-0.15, -0.1) is 0 Å². The van der Waals surface area contributed by atoms with Gasteiger partial charge in [-0.25, -0.2) is 8.78 Å². The van der Waals surface area contributed by atoms with E-state index in [9.17, 15) is 18.4 Å². The van der Waals surface area contributed by atoms with Gasteiger partial charge in [0.05, 0.1) is 6.10 Å². The molecule has 2 aliphatic rings. The Hall–Kier alpha value is -2.96. The Morgan fingerprint density at radius 3 is 2.45 bits per heavy atom. The van der Waals surface area contributed by atoms with Gasteiger partial charge in [-0.05, 0) is 37.3 Å². The lowest BCUT2D eigenvalue weighted by Crippen LogP contribution is -2.53. The van der Waals surface area contributed by atoms with E-state index in [4.69, 9.17) is 4.74 Å². The predicted octanol–water partition coefficient (Wildman–Crippen LogP) is 3.13. The zero-order valence-corrected chi connectivity index (χ0v) is 15.8. The fourth-order valence-electron chi connectivity index (χ4n) is 4.00. The van der Waals surface area contributed by atoms with E-state index < -0.39 is 17.7 Å². The third-order valence-corrected chi connectivity index (χ3v) is 5.47. The van der Waals surface area contributed by atoms with Gasteiger partial charge in [-0.3, -0.25) is 9.59 Å². The third-order valence-electron chi connectivity index (χ3n) is 5.47. The Morgan fingerprint density at radius 2 is 1.72 bits per heavy atom. The van der Waals surface area contributed by atoms with Crippen molar-refractivity contribution >= 4 is 11.8 Å². The normalized spacial score (nSPS) is 23.7. The van der Waals surface area contributed by atoms with Crippen LogP contribution in [-0.2, 0) is 11.2 Å². The molecule has 2 N–H and O–H groups in total. The lowest BCUT2D eigenvalue weighted by Gasteiger charge is -2.31. The van der Waals surface area contributed by atoms with Gasteiger partial charge < -0.3 is 15.4 Å². The van der Waals surface area contributed by atoms with Crippen LogP contribution in [0.15, 0.2) is 42.5 Å². The van der Waals surface area contributed by atoms with Gasteiger partial charge in [0, 0.05) is 36.2 Å². The van der Waals surface area contributed by atoms with Crippen molar-refractivity contribution in [3.05, 3.63) is 65.2 Å². The van der Waals surface area contributed by atoms with Crippen LogP contribution in [0, 0.1) is 11.6 Å². The molecule has 0 bridgehead atoms. The van der Waals surface area contributed by atoms with Gasteiger partial charge in [0.2, 0.25) is 5.91 Å². The molecule has 2 aromatic rings. The topological polar surface area (TPSA) is 67.4 Å². The summed E-state index contributed by atoms with van der Waals surface area (Å²) in [6.07, 6.45) is 3.06. The largest absolute Gasteiger partial charge is 0.490 e. The first kappa shape index (κ1) is 19.4. The van der Waals surface area contributed by atoms with Gasteiger partial charge in [-0.2, -0.15) is 0 Å². The highest BCUT2D eigenvalue weighted by Crippen LogP contribution is 2.25. The van der Waals surface area contributed by atoms with Crippen LogP contribution in [0.4, 0.5) is 8.78 Å². The first-order chi connectivity index (χ1) is 14.0. The molecule has 2 aromatic carbocycles. The maximum atomic E-state index is 13.3. The molecule has 4 rings (SSSR count). The zero-order valence-electron chi connectivity index (χ0n) is 15.8. The molecule has 0 saturated heterocycles. The van der Waals surface area contributed by atoms with E-state index in [0.29, 0.717) is 37.7 Å². The summed E-state index contributed by atoms with van der Waals surface area (Å²) in [4.78, 5) is 24.8. The Bertz CT molecular complexity index is 906. The van der Waals surface area contributed by atoms with E-state index in [-0.39, 0.29) is 29.7 Å². The Kier molecular flexibility index (Phi) is 5.47. The number of ether oxygens (including phenoxy) is 1. The Labute approximate surface area is 167 Å². The number of amides is 2. The Balaban J connectivity index is 1.28. The minimum atomic E-state index is -0.669. The molecule has 1 unspecified atom stereocenters. The molecule has 1 aliphatic carbocycles. The number of hydrogen-bond donors (Lipinski definition) is 2. The number of hydrogen-bond acceptors (Lipinski definition) is 3. The van der Waals surface area contributed by atoms with Crippen LogP contribution >= 0.6 is 0 Å². The van der Waals surface area contributed by atoms with Crippen molar-refractivity contribution in [2.75, 3.05) is 0 Å². The maximum Gasteiger partial charge on any atom is 0.252 e. The number of carbonyl (C=O) groups is 2. The molecule has 1 heterocycles. The van der Waals surface area contributed by atoms with Crippen molar-refractivity contribution in [3.63, 3.8) is 0 Å². The van der Waals surface area contributed by atoms with Gasteiger partial charge in [-0.1, -0.05) is 18.2 Å². The molecule has 29 heavy (non-hydrogen) atoms. The molecule has 0 aromatic heterocycles. The molecule has 0 radical (unpaired) electrons. The van der Waals surface area contributed by atoms with E-state index in [1.54, 1.807) is 12.1 Å². The number of benzene rings is 2. The number of carbonyl (C=O) groups excluding carboxylic acids is 2. The average molecular weight is 400 g/mol. The fraction of sp³-hybridized carbons (Fsp3) is 0.364. The number of nitrogens with one attached hydrogen (secondary N) is 2. The molecule has 7 heteroatoms. The summed E-state index contributed by atoms with van der Waals surface area (Å²) in [5.74, 6) is -1.58. The lowest BCUT2D eigenvalue weighted by molar-refractivity contribution is -0.124. The SMILES string of the molecule is O=C1NC(C(=O)NC2CCC(Oc3cc(F)cc(F)c3)CC2)Cc2ccccc21. The van der Waals surface area contributed by atoms with E-state index in [0.717, 1.165) is 11.6 Å². The monoisotopic (exact) mass is 400 g/mol. The van der Waals surface area contributed by atoms with Crippen LogP contribution < -0.4 is 15.4 Å². The summed E-state index contributed by atoms with van der Waals surface area (Å²) in [7, 11) is 0. The molecule has 1 saturated carbocycles. The van der Waals surface area contributed by atoms with Crippen molar-refractivity contribution in [2.45, 2.75) is 50.3 Å². The van der Waals surface area contributed by atoms with E-state index in [1.807, 2.05) is 12.1 Å². The molecular weight excluding hydrogens is 378 g/mol. The number of rotatable bonds is 4. The minimum absolute atomic E-state index is 0.0133. The summed E-state index contributed by atoms with van der Waals surface area (Å²) in [5, 5.41) is 5.78. The quantitative estimate of drug-likeness (QED) is 0.829. The van der Waals surface area contributed by atoms with E-state index in [2.05, 4.69) is 10.6 Å². The maximum absolute atomic E-state index is 13.3. The van der Waals surface area contributed by atoms with Crippen LogP contribution in [0.2, 0.25) is 0 Å². The summed E-state index contributed by atoms with van der Waals surface area (Å²) in [5.41, 5.74) is 1.49. The molecule has 152 valence electrons. The zero-order chi connectivity index (χ0) is 20.4. The molecule has 0 spiro atoms. The molecule has 2 amide bonds. The second kappa shape index (κ2) is 8.19.